The third-order valence-corrected chi connectivity index (χ3v) is 22.3. The zero-order valence-electron chi connectivity index (χ0n) is 83.0. The second kappa shape index (κ2) is 88.3. The molecule has 14 amide bonds. The van der Waals surface area contributed by atoms with E-state index in [9.17, 15) is 67.1 Å². The summed E-state index contributed by atoms with van der Waals surface area (Å²) in [5, 5.41) is 48.8. The van der Waals surface area contributed by atoms with Crippen molar-refractivity contribution >= 4 is 82.7 Å². The number of amides is 14. The molecular weight excluding hydrogens is 1770 g/mol. The number of carbonyl (C=O) groups is 14. The molecule has 0 saturated carbocycles. The highest BCUT2D eigenvalue weighted by atomic mass is 16.2. The number of nitrogens with zero attached hydrogens (tertiary/aromatic N) is 10. The third kappa shape index (κ3) is 77.4. The standard InChI is InChI=1S/C91H180N32O14/c1-2-3-4-5-6-7-8-9-10-11-12-13-14-15-16-17-54-123-76-77(114-115-123)75-122(67-30-90(136)112-52-73-120(63-26-86(132)108-48-69-116(55-18-78(124)100-40-32-92)56-19-79(125)101-41-33-93)64-27-87(133)109-49-70-117(57-20-80(126)102-42-34-94)58-21-81(127)103-43-35-95)68-31-91(137)113-53-74-121(65-28-88(134)110-50-71-118(59-22-82(128)104-44-36-96)60-23-83(129)105-45-37-97)66-29-89(135)111-51-72-119(61-24-84(130)106-46-38-98)62-25-85(131)107-47-39-99/h9-10,76H,2-8,11-75,92-99H2,1H3,(H,100,124)(H,101,125)(H,102,126)(H,103,127)(H,104,128)(H,105,129)(H,106,130)(H,107,131)(H,108,132)(H,109,133)(H,110,134)(H,111,135)(H,112,136)(H,113,137)/b10-9-. The Morgan fingerprint density at radius 2 is 0.416 bits per heavy atom. The van der Waals surface area contributed by atoms with E-state index in [1.807, 2.05) is 45.2 Å². The van der Waals surface area contributed by atoms with Crippen LogP contribution in [0.4, 0.5) is 0 Å². The molecule has 0 aliphatic rings. The van der Waals surface area contributed by atoms with Gasteiger partial charge >= 0.3 is 0 Å². The fourth-order valence-electron chi connectivity index (χ4n) is 14.2. The molecule has 0 saturated heterocycles. The molecule has 788 valence electrons. The Hall–Kier alpha value is -9.14. The van der Waals surface area contributed by atoms with Gasteiger partial charge in [0, 0.05) is 384 Å². The van der Waals surface area contributed by atoms with Crippen molar-refractivity contribution in [3.8, 4) is 0 Å². The monoisotopic (exact) mass is 1950 g/mol. The van der Waals surface area contributed by atoms with Gasteiger partial charge in [-0.2, -0.15) is 0 Å². The fraction of sp³-hybridized carbons (Fsp3) is 0.802. The molecule has 0 aromatic carbocycles. The smallest absolute Gasteiger partial charge is 0.221 e. The third-order valence-electron chi connectivity index (χ3n) is 22.3. The summed E-state index contributed by atoms with van der Waals surface area (Å²) in [6, 6.07) is 0. The molecule has 0 aliphatic heterocycles. The molecule has 1 aromatic heterocycles. The van der Waals surface area contributed by atoms with Crippen LogP contribution in [0.5, 0.6) is 0 Å². The van der Waals surface area contributed by atoms with Gasteiger partial charge in [-0.1, -0.05) is 82.1 Å². The highest BCUT2D eigenvalue weighted by molar-refractivity contribution is 5.81. The summed E-state index contributed by atoms with van der Waals surface area (Å²) >= 11 is 0. The first kappa shape index (κ1) is 126. The van der Waals surface area contributed by atoms with Gasteiger partial charge in [0.1, 0.15) is 0 Å². The maximum absolute atomic E-state index is 14.1. The molecule has 1 rings (SSSR count). The van der Waals surface area contributed by atoms with Crippen LogP contribution in [-0.2, 0) is 80.2 Å². The Bertz CT molecular complexity index is 3010. The highest BCUT2D eigenvalue weighted by Crippen LogP contribution is 2.13. The molecule has 0 aliphatic carbocycles. The largest absolute Gasteiger partial charge is 0.355 e. The van der Waals surface area contributed by atoms with E-state index in [0.29, 0.717) is 143 Å². The van der Waals surface area contributed by atoms with Gasteiger partial charge < -0.3 is 150 Å². The summed E-state index contributed by atoms with van der Waals surface area (Å²) < 4.78 is 1.82. The summed E-state index contributed by atoms with van der Waals surface area (Å²) in [7, 11) is 0. The van der Waals surface area contributed by atoms with Crippen molar-refractivity contribution in [2.24, 2.45) is 45.9 Å². The topological polar surface area (TPSA) is 669 Å². The van der Waals surface area contributed by atoms with E-state index in [0.717, 1.165) is 38.5 Å². The molecule has 0 spiro atoms. The second-order valence-corrected chi connectivity index (χ2v) is 33.9. The summed E-state index contributed by atoms with van der Waals surface area (Å²) in [5.41, 5.74) is 45.4. The number of nitrogens with one attached hydrogen (secondary N) is 14. The molecule has 0 fully saturated rings. The van der Waals surface area contributed by atoms with Crippen LogP contribution in [0, 0.1) is 0 Å². The Morgan fingerprint density at radius 1 is 0.241 bits per heavy atom. The van der Waals surface area contributed by atoms with Gasteiger partial charge in [0.15, 0.2) is 0 Å². The van der Waals surface area contributed by atoms with Crippen molar-refractivity contribution < 1.29 is 67.1 Å². The molecule has 46 heteroatoms. The lowest BCUT2D eigenvalue weighted by Crippen LogP contribution is -2.42. The van der Waals surface area contributed by atoms with E-state index in [-0.39, 0.29) is 323 Å². The molecule has 0 unspecified atom stereocenters. The lowest BCUT2D eigenvalue weighted by molar-refractivity contribution is -0.123. The zero-order chi connectivity index (χ0) is 101. The summed E-state index contributed by atoms with van der Waals surface area (Å²) in [6.45, 7) is 14.5. The number of hydrogen-bond donors (Lipinski definition) is 22. The van der Waals surface area contributed by atoms with Crippen LogP contribution < -0.4 is 120 Å². The molecular formula is C91H180N32O14. The highest BCUT2D eigenvalue weighted by Gasteiger charge is 2.22. The van der Waals surface area contributed by atoms with Gasteiger partial charge in [-0.25, -0.2) is 0 Å². The fourth-order valence-corrected chi connectivity index (χ4v) is 14.2. The van der Waals surface area contributed by atoms with E-state index in [1.54, 1.807) is 0 Å². The second-order valence-electron chi connectivity index (χ2n) is 33.9. The lowest BCUT2D eigenvalue weighted by atomic mass is 10.1. The predicted molar refractivity (Wildman–Crippen MR) is 533 cm³/mol. The Labute approximate surface area is 814 Å². The molecule has 137 heavy (non-hydrogen) atoms. The number of unbranched alkanes of at least 4 members (excludes halogenated alkanes) is 12. The normalized spacial score (nSPS) is 11.4. The van der Waals surface area contributed by atoms with Crippen molar-refractivity contribution in [2.45, 2.75) is 200 Å². The van der Waals surface area contributed by atoms with Gasteiger partial charge in [-0.15, -0.1) is 5.10 Å². The van der Waals surface area contributed by atoms with E-state index in [4.69, 9.17) is 45.9 Å². The average molecular weight is 1950 g/mol. The van der Waals surface area contributed by atoms with Crippen LogP contribution in [0.1, 0.15) is 192 Å². The van der Waals surface area contributed by atoms with Crippen LogP contribution in [0.25, 0.3) is 0 Å². The molecule has 46 nitrogen and oxygen atoms in total. The van der Waals surface area contributed by atoms with Crippen molar-refractivity contribution in [3.05, 3.63) is 24.0 Å². The minimum Gasteiger partial charge on any atom is -0.355 e. The minimum atomic E-state index is -0.304. The molecule has 0 bridgehead atoms. The van der Waals surface area contributed by atoms with E-state index >= 15 is 0 Å². The molecule has 0 atom stereocenters. The number of carbonyl (C=O) groups excluding carboxylic acids is 14. The van der Waals surface area contributed by atoms with Gasteiger partial charge in [0.25, 0.3) is 0 Å². The molecule has 1 aromatic rings. The Morgan fingerprint density at radius 3 is 0.613 bits per heavy atom. The average Bonchev–Trinajstić information content (AvgIpc) is 1.75. The van der Waals surface area contributed by atoms with Crippen LogP contribution >= 0.6 is 0 Å². The van der Waals surface area contributed by atoms with E-state index in [1.165, 1.54) is 51.4 Å². The summed E-state index contributed by atoms with van der Waals surface area (Å²) in [4.78, 5) is 197. The number of nitrogens with two attached hydrogens (primary N) is 8. The number of aromatic nitrogens is 3. The van der Waals surface area contributed by atoms with E-state index in [2.05, 4.69) is 104 Å². The van der Waals surface area contributed by atoms with Crippen LogP contribution in [0.15, 0.2) is 18.3 Å². The first-order chi connectivity index (χ1) is 66.4. The van der Waals surface area contributed by atoms with Crippen molar-refractivity contribution in [1.29, 1.82) is 0 Å². The molecule has 0 radical (unpaired) electrons. The maximum Gasteiger partial charge on any atom is 0.221 e. The van der Waals surface area contributed by atoms with Gasteiger partial charge in [-0.3, -0.25) is 76.7 Å². The zero-order valence-corrected chi connectivity index (χ0v) is 83.0. The first-order valence-electron chi connectivity index (χ1n) is 50.4. The van der Waals surface area contributed by atoms with Crippen molar-refractivity contribution in [3.63, 3.8) is 0 Å². The number of hydrogen-bond acceptors (Lipinski definition) is 31. The SMILES string of the molecule is CCCCCCCC/C=C\CCCCCCCCn1cc(CN(CCC(=O)NCCN(CCC(=O)NCCN(CCC(=O)NCCN)CCC(=O)NCCN)CCC(=O)NCCN(CCC(=O)NCCN)CCC(=O)NCCN)CCC(=O)NCCN(CCC(=O)NCCN(CCC(=O)NCCN)CCC(=O)NCCN)CCC(=O)NCCN(CCC(=O)NCCN)CCC(=O)NCCN)nn1. The lowest BCUT2D eigenvalue weighted by Gasteiger charge is -2.24. The number of aryl methyl sites for hydroxylation is 1. The van der Waals surface area contributed by atoms with Crippen LogP contribution in [0.2, 0.25) is 0 Å². The summed E-state index contributed by atoms with van der Waals surface area (Å²) in [5.74, 6) is -3.40. The molecule has 1 heterocycles. The van der Waals surface area contributed by atoms with Gasteiger partial charge in [-0.05, 0) is 32.1 Å². The van der Waals surface area contributed by atoms with Crippen molar-refractivity contribution in [2.75, 3.05) is 275 Å². The van der Waals surface area contributed by atoms with Crippen LogP contribution in [0.3, 0.4) is 0 Å². The summed E-state index contributed by atoms with van der Waals surface area (Å²) in [6.07, 6.45) is 24.4. The number of allylic oxidation sites excluding steroid dienone is 2. The minimum absolute atomic E-state index is 0.00952. The van der Waals surface area contributed by atoms with Gasteiger partial charge in [0.2, 0.25) is 82.7 Å². The Kier molecular flexibility index (Phi) is 81.1. The molecule has 30 N–H and O–H groups in total. The number of rotatable bonds is 94. The quantitative estimate of drug-likeness (QED) is 0.0213. The van der Waals surface area contributed by atoms with Crippen LogP contribution in [-0.4, -0.2) is 407 Å². The van der Waals surface area contributed by atoms with E-state index < -0.39 is 0 Å². The Balaban J connectivity index is 3.57. The van der Waals surface area contributed by atoms with Crippen molar-refractivity contribution in [1.82, 2.24) is 124 Å². The first-order valence-corrected chi connectivity index (χ1v) is 50.4. The van der Waals surface area contributed by atoms with Gasteiger partial charge in [0.05, 0.1) is 5.69 Å². The maximum atomic E-state index is 14.1. The predicted octanol–water partition coefficient (Wildman–Crippen LogP) is -6.31.